The normalized spacial score (nSPS) is 10.6. The van der Waals surface area contributed by atoms with Crippen LogP contribution in [0.2, 0.25) is 0 Å². The Kier molecular flexibility index (Phi) is 4.95. The molecule has 0 radical (unpaired) electrons. The van der Waals surface area contributed by atoms with Crippen LogP contribution in [0.25, 0.3) is 0 Å². The van der Waals surface area contributed by atoms with Gasteiger partial charge in [-0.2, -0.15) is 0 Å². The van der Waals surface area contributed by atoms with Crippen LogP contribution < -0.4 is 10.9 Å². The van der Waals surface area contributed by atoms with E-state index >= 15 is 0 Å². The topological polar surface area (TPSA) is 88.4 Å². The number of carboxylic acid groups (broad SMARTS) is 1. The second kappa shape index (κ2) is 6.91. The van der Waals surface area contributed by atoms with E-state index in [9.17, 15) is 14.4 Å². The Bertz CT molecular complexity index is 776. The van der Waals surface area contributed by atoms with E-state index in [0.29, 0.717) is 11.6 Å². The lowest BCUT2D eigenvalue weighted by atomic mass is 10.0. The number of hydrogen-bond acceptors (Lipinski definition) is 3. The molecule has 0 unspecified atom stereocenters. The minimum atomic E-state index is -1.31. The Hall–Kier alpha value is -2.89. The highest BCUT2D eigenvalue weighted by Gasteiger charge is 2.12. The summed E-state index contributed by atoms with van der Waals surface area (Å²) in [5.41, 5.74) is 0.724. The fourth-order valence-corrected chi connectivity index (χ4v) is 2.13. The molecule has 2 aromatic rings. The molecule has 0 aliphatic rings. The maximum absolute atomic E-state index is 12.0. The molecule has 1 aromatic carbocycles. The van der Waals surface area contributed by atoms with E-state index in [-0.39, 0.29) is 12.1 Å². The van der Waals surface area contributed by atoms with E-state index in [1.807, 2.05) is 12.1 Å². The van der Waals surface area contributed by atoms with Crippen LogP contribution in [0, 0.1) is 0 Å². The Morgan fingerprint density at radius 2 is 1.83 bits per heavy atom. The van der Waals surface area contributed by atoms with Crippen LogP contribution in [-0.2, 0) is 11.3 Å². The van der Waals surface area contributed by atoms with Gasteiger partial charge in [-0.3, -0.25) is 9.59 Å². The molecule has 2 N–H and O–H groups in total. The first-order valence-electron chi connectivity index (χ1n) is 7.21. The first-order valence-corrected chi connectivity index (χ1v) is 7.21. The van der Waals surface area contributed by atoms with E-state index < -0.39 is 17.4 Å². The molecule has 0 fully saturated rings. The minimum Gasteiger partial charge on any atom is -0.477 e. The van der Waals surface area contributed by atoms with Gasteiger partial charge < -0.3 is 15.0 Å². The lowest BCUT2D eigenvalue weighted by Gasteiger charge is -2.10. The van der Waals surface area contributed by atoms with E-state index in [4.69, 9.17) is 5.11 Å². The van der Waals surface area contributed by atoms with E-state index in [2.05, 4.69) is 19.2 Å². The van der Waals surface area contributed by atoms with Crippen molar-refractivity contribution in [3.05, 3.63) is 64.1 Å². The molecule has 0 saturated carbocycles. The van der Waals surface area contributed by atoms with E-state index in [1.54, 1.807) is 12.1 Å². The van der Waals surface area contributed by atoms with Crippen molar-refractivity contribution in [3.63, 3.8) is 0 Å². The third-order valence-corrected chi connectivity index (χ3v) is 3.43. The number of aromatic carboxylic acids is 1. The monoisotopic (exact) mass is 314 g/mol. The van der Waals surface area contributed by atoms with Gasteiger partial charge >= 0.3 is 5.97 Å². The summed E-state index contributed by atoms with van der Waals surface area (Å²) in [5, 5.41) is 11.6. The van der Waals surface area contributed by atoms with Crippen molar-refractivity contribution in [2.24, 2.45) is 0 Å². The second-order valence-electron chi connectivity index (χ2n) is 5.48. The van der Waals surface area contributed by atoms with E-state index in [1.165, 1.54) is 18.3 Å². The van der Waals surface area contributed by atoms with Crippen LogP contribution in [0.3, 0.4) is 0 Å². The van der Waals surface area contributed by atoms with Gasteiger partial charge in [0.05, 0.1) is 0 Å². The summed E-state index contributed by atoms with van der Waals surface area (Å²) >= 11 is 0. The van der Waals surface area contributed by atoms with Gasteiger partial charge in [0, 0.05) is 11.9 Å². The third kappa shape index (κ3) is 4.06. The average molecular weight is 314 g/mol. The fourth-order valence-electron chi connectivity index (χ4n) is 2.13. The Labute approximate surface area is 133 Å². The largest absolute Gasteiger partial charge is 0.477 e. The highest BCUT2D eigenvalue weighted by Crippen LogP contribution is 2.17. The first-order chi connectivity index (χ1) is 10.9. The smallest absolute Gasteiger partial charge is 0.341 e. The van der Waals surface area contributed by atoms with Crippen LogP contribution in [0.4, 0.5) is 5.69 Å². The molecule has 2 rings (SSSR count). The summed E-state index contributed by atoms with van der Waals surface area (Å²) in [5.74, 6) is -1.31. The lowest BCUT2D eigenvalue weighted by Crippen LogP contribution is -2.30. The standard InChI is InChI=1S/C17H18N2O4/c1-11(2)12-5-7-13(8-6-12)18-15(20)10-19-9-3-4-14(16(19)21)17(22)23/h3-9,11H,10H2,1-2H3,(H,18,20)(H,22,23). The molecule has 6 nitrogen and oxygen atoms in total. The molecule has 1 amide bonds. The van der Waals surface area contributed by atoms with Gasteiger partial charge in [0.15, 0.2) is 0 Å². The summed E-state index contributed by atoms with van der Waals surface area (Å²) in [6.45, 7) is 3.91. The lowest BCUT2D eigenvalue weighted by molar-refractivity contribution is -0.116. The summed E-state index contributed by atoms with van der Waals surface area (Å²) in [7, 11) is 0. The second-order valence-corrected chi connectivity index (χ2v) is 5.48. The van der Waals surface area contributed by atoms with Gasteiger partial charge in [-0.1, -0.05) is 26.0 Å². The van der Waals surface area contributed by atoms with Crippen molar-refractivity contribution in [1.29, 1.82) is 0 Å². The zero-order valence-electron chi connectivity index (χ0n) is 12.9. The minimum absolute atomic E-state index is 0.244. The number of benzene rings is 1. The van der Waals surface area contributed by atoms with Crippen molar-refractivity contribution in [3.8, 4) is 0 Å². The van der Waals surface area contributed by atoms with Crippen LogP contribution >= 0.6 is 0 Å². The number of nitrogens with one attached hydrogen (secondary N) is 1. The summed E-state index contributed by atoms with van der Waals surface area (Å²) in [4.78, 5) is 34.9. The molecule has 120 valence electrons. The number of aromatic nitrogens is 1. The van der Waals surface area contributed by atoms with Gasteiger partial charge in [0.1, 0.15) is 12.1 Å². The number of hydrogen-bond donors (Lipinski definition) is 2. The number of amides is 1. The van der Waals surface area contributed by atoms with Gasteiger partial charge in [-0.25, -0.2) is 4.79 Å². The van der Waals surface area contributed by atoms with Gasteiger partial charge in [-0.05, 0) is 35.7 Å². The molecule has 6 heteroatoms. The highest BCUT2D eigenvalue weighted by atomic mass is 16.4. The summed E-state index contributed by atoms with van der Waals surface area (Å²) in [6.07, 6.45) is 1.39. The molecule has 0 aliphatic heterocycles. The molecule has 1 heterocycles. The van der Waals surface area contributed by atoms with Crippen LogP contribution in [0.5, 0.6) is 0 Å². The number of carboxylic acids is 1. The number of anilines is 1. The fraction of sp³-hybridized carbons (Fsp3) is 0.235. The molecule has 0 aliphatic carbocycles. The SMILES string of the molecule is CC(C)c1ccc(NC(=O)Cn2cccc(C(=O)O)c2=O)cc1. The zero-order valence-corrected chi connectivity index (χ0v) is 12.9. The highest BCUT2D eigenvalue weighted by molar-refractivity contribution is 5.91. The molecule has 0 bridgehead atoms. The van der Waals surface area contributed by atoms with Gasteiger partial charge in [0.2, 0.25) is 5.91 Å². The van der Waals surface area contributed by atoms with Crippen molar-refractivity contribution in [2.75, 3.05) is 5.32 Å². The summed E-state index contributed by atoms with van der Waals surface area (Å²) < 4.78 is 1.07. The van der Waals surface area contributed by atoms with Crippen LogP contribution in [0.15, 0.2) is 47.4 Å². The Balaban J connectivity index is 2.09. The zero-order chi connectivity index (χ0) is 17.0. The third-order valence-electron chi connectivity index (χ3n) is 3.43. The Morgan fingerprint density at radius 1 is 1.17 bits per heavy atom. The quantitative estimate of drug-likeness (QED) is 0.886. The van der Waals surface area contributed by atoms with Crippen molar-refractivity contribution in [1.82, 2.24) is 4.57 Å². The number of carbonyl (C=O) groups is 2. The van der Waals surface area contributed by atoms with Crippen LogP contribution in [0.1, 0.15) is 35.7 Å². The summed E-state index contributed by atoms with van der Waals surface area (Å²) in [6, 6.07) is 10.1. The van der Waals surface area contributed by atoms with Crippen molar-refractivity contribution in [2.45, 2.75) is 26.3 Å². The van der Waals surface area contributed by atoms with Gasteiger partial charge in [0.25, 0.3) is 5.56 Å². The predicted octanol–water partition coefficient (Wildman–Crippen LogP) is 2.31. The molecule has 0 saturated heterocycles. The number of nitrogens with zero attached hydrogens (tertiary/aromatic N) is 1. The van der Waals surface area contributed by atoms with Gasteiger partial charge in [-0.15, -0.1) is 0 Å². The van der Waals surface area contributed by atoms with Crippen molar-refractivity contribution >= 4 is 17.6 Å². The molecular formula is C17H18N2O4. The van der Waals surface area contributed by atoms with Crippen molar-refractivity contribution < 1.29 is 14.7 Å². The van der Waals surface area contributed by atoms with E-state index in [0.717, 1.165) is 10.1 Å². The number of pyridine rings is 1. The molecule has 0 spiro atoms. The molecular weight excluding hydrogens is 296 g/mol. The number of carbonyl (C=O) groups excluding carboxylic acids is 1. The average Bonchev–Trinajstić information content (AvgIpc) is 2.49. The maximum atomic E-state index is 12.0. The number of rotatable bonds is 5. The predicted molar refractivity (Wildman–Crippen MR) is 86.8 cm³/mol. The van der Waals surface area contributed by atoms with Crippen LogP contribution in [-0.4, -0.2) is 21.6 Å². The molecule has 1 aromatic heterocycles. The first kappa shape index (κ1) is 16.5. The molecule has 0 atom stereocenters. The Morgan fingerprint density at radius 3 is 2.39 bits per heavy atom. The maximum Gasteiger partial charge on any atom is 0.341 e. The molecule has 23 heavy (non-hydrogen) atoms.